The van der Waals surface area contributed by atoms with Crippen LogP contribution >= 0.6 is 15.9 Å². The molecule has 4 nitrogen and oxygen atoms in total. The van der Waals surface area contributed by atoms with Crippen LogP contribution in [0.25, 0.3) is 5.69 Å². The zero-order valence-electron chi connectivity index (χ0n) is 9.94. The van der Waals surface area contributed by atoms with Crippen molar-refractivity contribution in [2.45, 2.75) is 20.3 Å². The van der Waals surface area contributed by atoms with Crippen molar-refractivity contribution in [1.29, 1.82) is 0 Å². The quantitative estimate of drug-likeness (QED) is 0.944. The molecule has 0 saturated heterocycles. The molecule has 5 heteroatoms. The molecule has 0 bridgehead atoms. The molecule has 17 heavy (non-hydrogen) atoms. The molecule has 2 N–H and O–H groups in total. The number of rotatable bonds is 3. The highest BCUT2D eigenvalue weighted by molar-refractivity contribution is 9.10. The lowest BCUT2D eigenvalue weighted by Crippen LogP contribution is -2.05. The smallest absolute Gasteiger partial charge is 0.152 e. The lowest BCUT2D eigenvalue weighted by Gasteiger charge is -2.06. The summed E-state index contributed by atoms with van der Waals surface area (Å²) in [5.41, 5.74) is 7.72. The van der Waals surface area contributed by atoms with Crippen molar-refractivity contribution in [1.82, 2.24) is 14.8 Å². The van der Waals surface area contributed by atoms with Gasteiger partial charge in [0, 0.05) is 10.9 Å². The Hall–Kier alpha value is -1.20. The average molecular weight is 295 g/mol. The first-order valence-electron chi connectivity index (χ1n) is 5.51. The summed E-state index contributed by atoms with van der Waals surface area (Å²) in [5, 5.41) is 4.46. The maximum Gasteiger partial charge on any atom is 0.152 e. The van der Waals surface area contributed by atoms with Gasteiger partial charge in [0.05, 0.1) is 5.69 Å². The molecule has 0 fully saturated rings. The number of benzene rings is 1. The second-order valence-electron chi connectivity index (χ2n) is 3.98. The number of hydrogen-bond donors (Lipinski definition) is 1. The molecule has 1 heterocycles. The second-order valence-corrected chi connectivity index (χ2v) is 4.83. The first-order valence-corrected chi connectivity index (χ1v) is 6.30. The van der Waals surface area contributed by atoms with Crippen LogP contribution in [-0.4, -0.2) is 21.3 Å². The summed E-state index contributed by atoms with van der Waals surface area (Å²) in [6.07, 6.45) is 0.706. The van der Waals surface area contributed by atoms with E-state index in [1.807, 2.05) is 17.7 Å². The van der Waals surface area contributed by atoms with Gasteiger partial charge in [0.25, 0.3) is 0 Å². The molecule has 0 spiro atoms. The Morgan fingerprint density at radius 3 is 2.76 bits per heavy atom. The van der Waals surface area contributed by atoms with E-state index in [1.165, 1.54) is 5.56 Å². The van der Waals surface area contributed by atoms with Gasteiger partial charge in [0.15, 0.2) is 5.82 Å². The first-order chi connectivity index (χ1) is 8.11. The molecule has 0 atom stereocenters. The molecule has 0 aliphatic carbocycles. The third kappa shape index (κ3) is 2.56. The Morgan fingerprint density at radius 2 is 2.12 bits per heavy atom. The summed E-state index contributed by atoms with van der Waals surface area (Å²) in [5.74, 6) is 1.66. The topological polar surface area (TPSA) is 56.7 Å². The van der Waals surface area contributed by atoms with E-state index in [4.69, 9.17) is 5.73 Å². The van der Waals surface area contributed by atoms with Gasteiger partial charge in [-0.25, -0.2) is 9.67 Å². The fourth-order valence-corrected chi connectivity index (χ4v) is 2.35. The normalized spacial score (nSPS) is 10.8. The van der Waals surface area contributed by atoms with Crippen LogP contribution in [-0.2, 0) is 6.42 Å². The summed E-state index contributed by atoms with van der Waals surface area (Å²) >= 11 is 3.55. The van der Waals surface area contributed by atoms with E-state index in [1.54, 1.807) is 0 Å². The Bertz CT molecular complexity index is 533. The van der Waals surface area contributed by atoms with Gasteiger partial charge in [-0.3, -0.25) is 0 Å². The zero-order valence-corrected chi connectivity index (χ0v) is 11.5. The van der Waals surface area contributed by atoms with Crippen molar-refractivity contribution >= 4 is 15.9 Å². The Labute approximate surface area is 109 Å². The van der Waals surface area contributed by atoms with Gasteiger partial charge in [0.2, 0.25) is 0 Å². The highest BCUT2D eigenvalue weighted by atomic mass is 79.9. The monoisotopic (exact) mass is 294 g/mol. The first kappa shape index (κ1) is 12.3. The van der Waals surface area contributed by atoms with Crippen LogP contribution in [0.3, 0.4) is 0 Å². The summed E-state index contributed by atoms with van der Waals surface area (Å²) in [6.45, 7) is 4.57. The van der Waals surface area contributed by atoms with E-state index < -0.39 is 0 Å². The molecule has 90 valence electrons. The molecule has 1 aromatic heterocycles. The third-order valence-electron chi connectivity index (χ3n) is 2.51. The molecule has 0 saturated carbocycles. The van der Waals surface area contributed by atoms with Gasteiger partial charge >= 0.3 is 0 Å². The molecule has 0 aliphatic heterocycles. The molecule has 2 rings (SSSR count). The fraction of sp³-hybridized carbons (Fsp3) is 0.333. The Kier molecular flexibility index (Phi) is 3.59. The summed E-state index contributed by atoms with van der Waals surface area (Å²) in [4.78, 5) is 4.39. The Balaban J connectivity index is 2.45. The highest BCUT2D eigenvalue weighted by Crippen LogP contribution is 2.22. The standard InChI is InChI=1S/C12H15BrN4/c1-8-3-4-11(10(13)7-8)17-9(2)15-12(16-17)5-6-14/h3-4,7H,5-6,14H2,1-2H3. The van der Waals surface area contributed by atoms with E-state index in [-0.39, 0.29) is 0 Å². The van der Waals surface area contributed by atoms with E-state index in [9.17, 15) is 0 Å². The molecule has 1 aromatic carbocycles. The minimum atomic E-state index is 0.568. The van der Waals surface area contributed by atoms with E-state index in [0.29, 0.717) is 13.0 Å². The summed E-state index contributed by atoms with van der Waals surface area (Å²) < 4.78 is 2.86. The SMILES string of the molecule is Cc1ccc(-n2nc(CCN)nc2C)c(Br)c1. The molecule has 2 aromatic rings. The number of aromatic nitrogens is 3. The molecule has 0 aliphatic rings. The van der Waals surface area contributed by atoms with Crippen LogP contribution in [0.15, 0.2) is 22.7 Å². The summed E-state index contributed by atoms with van der Waals surface area (Å²) in [6, 6.07) is 6.16. The van der Waals surface area contributed by atoms with E-state index in [2.05, 4.69) is 45.1 Å². The molecule has 0 radical (unpaired) electrons. The van der Waals surface area contributed by atoms with Gasteiger partial charge in [0.1, 0.15) is 5.82 Å². The number of nitrogens with zero attached hydrogens (tertiary/aromatic N) is 3. The maximum atomic E-state index is 5.51. The van der Waals surface area contributed by atoms with Gasteiger partial charge < -0.3 is 5.73 Å². The van der Waals surface area contributed by atoms with E-state index in [0.717, 1.165) is 21.8 Å². The van der Waals surface area contributed by atoms with Crippen LogP contribution in [0.1, 0.15) is 17.2 Å². The largest absolute Gasteiger partial charge is 0.330 e. The zero-order chi connectivity index (χ0) is 12.4. The van der Waals surface area contributed by atoms with Crippen LogP contribution < -0.4 is 5.73 Å². The van der Waals surface area contributed by atoms with E-state index >= 15 is 0 Å². The maximum absolute atomic E-state index is 5.51. The van der Waals surface area contributed by atoms with Gasteiger partial charge in [-0.15, -0.1) is 0 Å². The van der Waals surface area contributed by atoms with Crippen LogP contribution in [0.2, 0.25) is 0 Å². The van der Waals surface area contributed by atoms with Crippen LogP contribution in [0.5, 0.6) is 0 Å². The minimum Gasteiger partial charge on any atom is -0.330 e. The minimum absolute atomic E-state index is 0.568. The Morgan fingerprint density at radius 1 is 1.35 bits per heavy atom. The average Bonchev–Trinajstić information content (AvgIpc) is 2.60. The third-order valence-corrected chi connectivity index (χ3v) is 3.15. The van der Waals surface area contributed by atoms with Crippen LogP contribution in [0, 0.1) is 13.8 Å². The lowest BCUT2D eigenvalue weighted by atomic mass is 10.2. The summed E-state index contributed by atoms with van der Waals surface area (Å²) in [7, 11) is 0. The van der Waals surface area contributed by atoms with Crippen molar-refractivity contribution in [3.05, 3.63) is 39.9 Å². The predicted molar refractivity (Wildman–Crippen MR) is 71.3 cm³/mol. The predicted octanol–water partition coefficient (Wildman–Crippen LogP) is 2.15. The number of aryl methyl sites for hydroxylation is 2. The van der Waals surface area contributed by atoms with Gasteiger partial charge in [-0.2, -0.15) is 5.10 Å². The molecular formula is C12H15BrN4. The number of hydrogen-bond acceptors (Lipinski definition) is 3. The van der Waals surface area contributed by atoms with Gasteiger partial charge in [-0.1, -0.05) is 6.07 Å². The number of nitrogens with two attached hydrogens (primary N) is 1. The molecule has 0 amide bonds. The molecular weight excluding hydrogens is 280 g/mol. The molecule has 0 unspecified atom stereocenters. The van der Waals surface area contributed by atoms with Crippen molar-refractivity contribution in [2.75, 3.05) is 6.54 Å². The van der Waals surface area contributed by atoms with Crippen molar-refractivity contribution in [3.63, 3.8) is 0 Å². The van der Waals surface area contributed by atoms with Crippen molar-refractivity contribution < 1.29 is 0 Å². The van der Waals surface area contributed by atoms with Gasteiger partial charge in [-0.05, 0) is 54.0 Å². The second kappa shape index (κ2) is 4.98. The van der Waals surface area contributed by atoms with Crippen molar-refractivity contribution in [3.8, 4) is 5.69 Å². The number of halogens is 1. The van der Waals surface area contributed by atoms with Crippen molar-refractivity contribution in [2.24, 2.45) is 5.73 Å². The lowest BCUT2D eigenvalue weighted by molar-refractivity contribution is 0.801. The highest BCUT2D eigenvalue weighted by Gasteiger charge is 2.10. The van der Waals surface area contributed by atoms with Crippen LogP contribution in [0.4, 0.5) is 0 Å². The fourth-order valence-electron chi connectivity index (χ4n) is 1.69.